The van der Waals surface area contributed by atoms with E-state index in [0.29, 0.717) is 24.4 Å². The first kappa shape index (κ1) is 15.2. The smallest absolute Gasteiger partial charge is 0.337 e. The minimum Gasteiger partial charge on any atom is -0.465 e. The first-order valence-corrected chi connectivity index (χ1v) is 6.47. The zero-order valence-corrected chi connectivity index (χ0v) is 11.7. The molecule has 0 radical (unpaired) electrons. The Bertz CT molecular complexity index is 441. The van der Waals surface area contributed by atoms with Crippen molar-refractivity contribution in [3.63, 3.8) is 0 Å². The highest BCUT2D eigenvalue weighted by Gasteiger charge is 2.07. The summed E-state index contributed by atoms with van der Waals surface area (Å²) < 4.78 is 4.66. The van der Waals surface area contributed by atoms with Gasteiger partial charge in [0, 0.05) is 13.0 Å². The van der Waals surface area contributed by atoms with Crippen LogP contribution in [0.25, 0.3) is 0 Å². The van der Waals surface area contributed by atoms with E-state index in [2.05, 4.69) is 23.9 Å². The number of methoxy groups -OCH3 is 1. The summed E-state index contributed by atoms with van der Waals surface area (Å²) in [6.07, 6.45) is 1.42. The molecule has 0 atom stereocenters. The molecule has 19 heavy (non-hydrogen) atoms. The Morgan fingerprint density at radius 2 is 2.05 bits per heavy atom. The Morgan fingerprint density at radius 1 is 1.32 bits per heavy atom. The maximum absolute atomic E-state index is 11.6. The van der Waals surface area contributed by atoms with Crippen LogP contribution < -0.4 is 5.32 Å². The van der Waals surface area contributed by atoms with Gasteiger partial charge < -0.3 is 10.1 Å². The second-order valence-corrected chi connectivity index (χ2v) is 4.90. The summed E-state index contributed by atoms with van der Waals surface area (Å²) >= 11 is 0. The molecule has 0 aliphatic rings. The van der Waals surface area contributed by atoms with Crippen molar-refractivity contribution in [3.8, 4) is 0 Å². The fourth-order valence-electron chi connectivity index (χ4n) is 1.63. The Hall–Kier alpha value is -1.84. The molecule has 104 valence electrons. The van der Waals surface area contributed by atoms with Crippen LogP contribution in [0.3, 0.4) is 0 Å². The molecule has 0 aliphatic carbocycles. The van der Waals surface area contributed by atoms with Gasteiger partial charge >= 0.3 is 5.97 Å². The van der Waals surface area contributed by atoms with Crippen molar-refractivity contribution in [3.05, 3.63) is 35.4 Å². The Morgan fingerprint density at radius 3 is 2.68 bits per heavy atom. The first-order valence-electron chi connectivity index (χ1n) is 6.47. The van der Waals surface area contributed by atoms with Crippen molar-refractivity contribution in [2.75, 3.05) is 7.11 Å². The van der Waals surface area contributed by atoms with Crippen LogP contribution in [0, 0.1) is 5.92 Å². The van der Waals surface area contributed by atoms with E-state index < -0.39 is 0 Å². The number of rotatable bonds is 6. The molecule has 1 aromatic rings. The summed E-state index contributed by atoms with van der Waals surface area (Å²) in [7, 11) is 1.35. The normalized spacial score (nSPS) is 10.3. The minimum atomic E-state index is -0.368. The summed E-state index contributed by atoms with van der Waals surface area (Å²) in [5.41, 5.74) is 1.39. The second kappa shape index (κ2) is 7.56. The minimum absolute atomic E-state index is 0.0390. The maximum Gasteiger partial charge on any atom is 0.337 e. The predicted molar refractivity (Wildman–Crippen MR) is 73.7 cm³/mol. The summed E-state index contributed by atoms with van der Waals surface area (Å²) in [6.45, 7) is 4.61. The van der Waals surface area contributed by atoms with Gasteiger partial charge in [-0.25, -0.2) is 4.79 Å². The number of amides is 1. The highest BCUT2D eigenvalue weighted by Crippen LogP contribution is 2.07. The molecule has 0 saturated carbocycles. The van der Waals surface area contributed by atoms with Crippen molar-refractivity contribution < 1.29 is 14.3 Å². The van der Waals surface area contributed by atoms with E-state index in [1.807, 2.05) is 6.07 Å². The summed E-state index contributed by atoms with van der Waals surface area (Å²) in [5, 5.41) is 2.85. The standard InChI is InChI=1S/C15H21NO3/c1-11(2)7-8-14(17)16-10-12-5-4-6-13(9-12)15(18)19-3/h4-6,9,11H,7-8,10H2,1-3H3,(H,16,17). The Kier molecular flexibility index (Phi) is 6.06. The van der Waals surface area contributed by atoms with E-state index in [1.54, 1.807) is 18.2 Å². The lowest BCUT2D eigenvalue weighted by Crippen LogP contribution is -2.23. The molecule has 0 unspecified atom stereocenters. The maximum atomic E-state index is 11.6. The zero-order valence-electron chi connectivity index (χ0n) is 11.7. The predicted octanol–water partition coefficient (Wildman–Crippen LogP) is 2.53. The third-order valence-corrected chi connectivity index (χ3v) is 2.79. The molecule has 4 nitrogen and oxygen atoms in total. The molecule has 0 aliphatic heterocycles. The van der Waals surface area contributed by atoms with Gasteiger partial charge in [0.2, 0.25) is 5.91 Å². The van der Waals surface area contributed by atoms with Crippen LogP contribution in [-0.2, 0) is 16.1 Å². The molecule has 0 fully saturated rings. The van der Waals surface area contributed by atoms with Gasteiger partial charge in [0.1, 0.15) is 0 Å². The molecule has 0 spiro atoms. The van der Waals surface area contributed by atoms with Gasteiger partial charge in [-0.15, -0.1) is 0 Å². The third-order valence-electron chi connectivity index (χ3n) is 2.79. The van der Waals surface area contributed by atoms with E-state index in [9.17, 15) is 9.59 Å². The fraction of sp³-hybridized carbons (Fsp3) is 0.467. The zero-order chi connectivity index (χ0) is 14.3. The van der Waals surface area contributed by atoms with E-state index in [1.165, 1.54) is 7.11 Å². The molecule has 1 rings (SSSR count). The monoisotopic (exact) mass is 263 g/mol. The molecule has 0 aromatic heterocycles. The second-order valence-electron chi connectivity index (χ2n) is 4.90. The quantitative estimate of drug-likeness (QED) is 0.802. The number of nitrogens with one attached hydrogen (secondary N) is 1. The molecule has 0 heterocycles. The van der Waals surface area contributed by atoms with Crippen LogP contribution in [0.1, 0.15) is 42.6 Å². The highest BCUT2D eigenvalue weighted by molar-refractivity contribution is 5.89. The summed E-state index contributed by atoms with van der Waals surface area (Å²) in [4.78, 5) is 23.0. The Labute approximate surface area is 114 Å². The molecule has 1 amide bonds. The van der Waals surface area contributed by atoms with Gasteiger partial charge in [0.15, 0.2) is 0 Å². The molecule has 1 N–H and O–H groups in total. The summed E-state index contributed by atoms with van der Waals surface area (Å²) in [6, 6.07) is 7.07. The number of ether oxygens (including phenoxy) is 1. The van der Waals surface area contributed by atoms with Crippen LogP contribution in [0.5, 0.6) is 0 Å². The van der Waals surface area contributed by atoms with Crippen LogP contribution in [0.15, 0.2) is 24.3 Å². The molecule has 1 aromatic carbocycles. The van der Waals surface area contributed by atoms with Crippen molar-refractivity contribution >= 4 is 11.9 Å². The highest BCUT2D eigenvalue weighted by atomic mass is 16.5. The Balaban J connectivity index is 2.49. The van der Waals surface area contributed by atoms with E-state index in [-0.39, 0.29) is 11.9 Å². The fourth-order valence-corrected chi connectivity index (χ4v) is 1.63. The third kappa shape index (κ3) is 5.55. The van der Waals surface area contributed by atoms with Crippen LogP contribution in [0.2, 0.25) is 0 Å². The van der Waals surface area contributed by atoms with Gasteiger partial charge in [-0.3, -0.25) is 4.79 Å². The average molecular weight is 263 g/mol. The number of hydrogen-bond donors (Lipinski definition) is 1. The van der Waals surface area contributed by atoms with Crippen LogP contribution >= 0.6 is 0 Å². The molecular formula is C15H21NO3. The van der Waals surface area contributed by atoms with Crippen molar-refractivity contribution in [1.29, 1.82) is 0 Å². The number of carbonyl (C=O) groups is 2. The van der Waals surface area contributed by atoms with Gasteiger partial charge in [0.05, 0.1) is 12.7 Å². The molecule has 0 bridgehead atoms. The summed E-state index contributed by atoms with van der Waals surface area (Å²) in [5.74, 6) is 0.193. The first-order chi connectivity index (χ1) is 9.02. The molecule has 0 saturated heterocycles. The van der Waals surface area contributed by atoms with E-state index in [4.69, 9.17) is 0 Å². The number of hydrogen-bond acceptors (Lipinski definition) is 3. The van der Waals surface area contributed by atoms with Gasteiger partial charge in [-0.05, 0) is 30.0 Å². The molecule has 4 heteroatoms. The lowest BCUT2D eigenvalue weighted by atomic mass is 10.1. The van der Waals surface area contributed by atoms with E-state index >= 15 is 0 Å². The van der Waals surface area contributed by atoms with Crippen molar-refractivity contribution in [1.82, 2.24) is 5.32 Å². The van der Waals surface area contributed by atoms with Gasteiger partial charge in [0.25, 0.3) is 0 Å². The molecular weight excluding hydrogens is 242 g/mol. The number of carbonyl (C=O) groups excluding carboxylic acids is 2. The average Bonchev–Trinajstić information content (AvgIpc) is 2.42. The van der Waals surface area contributed by atoms with Crippen LogP contribution in [-0.4, -0.2) is 19.0 Å². The van der Waals surface area contributed by atoms with Crippen LogP contribution in [0.4, 0.5) is 0 Å². The van der Waals surface area contributed by atoms with Crippen molar-refractivity contribution in [2.24, 2.45) is 5.92 Å². The largest absolute Gasteiger partial charge is 0.465 e. The number of esters is 1. The van der Waals surface area contributed by atoms with E-state index in [0.717, 1.165) is 12.0 Å². The lowest BCUT2D eigenvalue weighted by Gasteiger charge is -2.08. The van der Waals surface area contributed by atoms with Gasteiger partial charge in [-0.1, -0.05) is 26.0 Å². The van der Waals surface area contributed by atoms with Gasteiger partial charge in [-0.2, -0.15) is 0 Å². The number of benzene rings is 1. The lowest BCUT2D eigenvalue weighted by molar-refractivity contribution is -0.121. The SMILES string of the molecule is COC(=O)c1cccc(CNC(=O)CCC(C)C)c1. The topological polar surface area (TPSA) is 55.4 Å². The van der Waals surface area contributed by atoms with Crippen molar-refractivity contribution in [2.45, 2.75) is 33.2 Å².